The summed E-state index contributed by atoms with van der Waals surface area (Å²) < 4.78 is 0. The molecule has 4 heteroatoms. The largest absolute Gasteiger partial charge is 0.385 e. The van der Waals surface area contributed by atoms with E-state index in [0.29, 0.717) is 24.6 Å². The molecule has 1 aromatic rings. The molecule has 106 valence electrons. The second-order valence-electron chi connectivity index (χ2n) is 5.27. The molecule has 0 bridgehead atoms. The molecule has 1 aliphatic rings. The first kappa shape index (κ1) is 14.4. The number of nitrogens with one attached hydrogen (secondary N) is 2. The summed E-state index contributed by atoms with van der Waals surface area (Å²) in [4.78, 5) is 11.8. The molecule has 4 nitrogen and oxygen atoms in total. The summed E-state index contributed by atoms with van der Waals surface area (Å²) in [5.74, 6) is 0.123. The summed E-state index contributed by atoms with van der Waals surface area (Å²) in [7, 11) is 0. The van der Waals surface area contributed by atoms with E-state index in [1.165, 1.54) is 19.3 Å². The van der Waals surface area contributed by atoms with Crippen molar-refractivity contribution in [3.8, 4) is 6.07 Å². The van der Waals surface area contributed by atoms with Crippen LogP contribution >= 0.6 is 0 Å². The first-order valence-corrected chi connectivity index (χ1v) is 7.31. The quantitative estimate of drug-likeness (QED) is 0.865. The molecule has 1 fully saturated rings. The van der Waals surface area contributed by atoms with Crippen molar-refractivity contribution in [2.24, 2.45) is 0 Å². The number of nitriles is 1. The van der Waals surface area contributed by atoms with Gasteiger partial charge >= 0.3 is 0 Å². The van der Waals surface area contributed by atoms with Crippen molar-refractivity contribution < 1.29 is 4.79 Å². The van der Waals surface area contributed by atoms with Gasteiger partial charge in [0.1, 0.15) is 0 Å². The minimum atomic E-state index is 0.123. The number of benzene rings is 1. The maximum absolute atomic E-state index is 11.8. The number of rotatable bonds is 5. The summed E-state index contributed by atoms with van der Waals surface area (Å²) in [6.07, 6.45) is 6.48. The summed E-state index contributed by atoms with van der Waals surface area (Å²) in [6, 6.07) is 9.72. The highest BCUT2D eigenvalue weighted by atomic mass is 16.1. The van der Waals surface area contributed by atoms with E-state index >= 15 is 0 Å². The molecular formula is C16H21N3O. The van der Waals surface area contributed by atoms with Crippen LogP contribution in [-0.4, -0.2) is 18.5 Å². The molecule has 0 atom stereocenters. The Morgan fingerprint density at radius 3 is 2.55 bits per heavy atom. The molecule has 1 saturated carbocycles. The molecule has 20 heavy (non-hydrogen) atoms. The van der Waals surface area contributed by atoms with Crippen molar-refractivity contribution in [2.45, 2.75) is 44.6 Å². The third-order valence-corrected chi connectivity index (χ3v) is 3.67. The van der Waals surface area contributed by atoms with Gasteiger partial charge in [-0.25, -0.2) is 0 Å². The molecular weight excluding hydrogens is 250 g/mol. The van der Waals surface area contributed by atoms with Gasteiger partial charge in [0.2, 0.25) is 5.91 Å². The van der Waals surface area contributed by atoms with Gasteiger partial charge in [0.05, 0.1) is 11.6 Å². The van der Waals surface area contributed by atoms with Crippen LogP contribution in [-0.2, 0) is 4.79 Å². The van der Waals surface area contributed by atoms with E-state index in [0.717, 1.165) is 18.5 Å². The maximum atomic E-state index is 11.8. The second-order valence-corrected chi connectivity index (χ2v) is 5.27. The zero-order valence-electron chi connectivity index (χ0n) is 11.7. The fourth-order valence-corrected chi connectivity index (χ4v) is 2.53. The number of hydrogen-bond acceptors (Lipinski definition) is 3. The number of anilines is 1. The molecule has 2 rings (SSSR count). The molecule has 0 unspecified atom stereocenters. The van der Waals surface area contributed by atoms with Crippen molar-refractivity contribution in [1.82, 2.24) is 5.32 Å². The topological polar surface area (TPSA) is 64.9 Å². The van der Waals surface area contributed by atoms with Crippen molar-refractivity contribution in [3.05, 3.63) is 29.8 Å². The maximum Gasteiger partial charge on any atom is 0.221 e. The molecule has 1 amide bonds. The Labute approximate surface area is 120 Å². The van der Waals surface area contributed by atoms with E-state index in [1.54, 1.807) is 12.1 Å². The second kappa shape index (κ2) is 7.54. The molecule has 1 aliphatic carbocycles. The van der Waals surface area contributed by atoms with Crippen LogP contribution in [0, 0.1) is 11.3 Å². The Bertz CT molecular complexity index is 469. The minimum absolute atomic E-state index is 0.123. The van der Waals surface area contributed by atoms with E-state index < -0.39 is 0 Å². The molecule has 0 heterocycles. The van der Waals surface area contributed by atoms with Crippen molar-refractivity contribution in [1.29, 1.82) is 5.26 Å². The van der Waals surface area contributed by atoms with Crippen molar-refractivity contribution in [3.63, 3.8) is 0 Å². The highest BCUT2D eigenvalue weighted by Gasteiger charge is 2.15. The average molecular weight is 271 g/mol. The Morgan fingerprint density at radius 2 is 1.90 bits per heavy atom. The van der Waals surface area contributed by atoms with Crippen LogP contribution < -0.4 is 10.6 Å². The average Bonchev–Trinajstić information content (AvgIpc) is 2.49. The fourth-order valence-electron chi connectivity index (χ4n) is 2.53. The highest BCUT2D eigenvalue weighted by molar-refractivity contribution is 5.76. The van der Waals surface area contributed by atoms with Crippen LogP contribution in [0.3, 0.4) is 0 Å². The Balaban J connectivity index is 1.66. The summed E-state index contributed by atoms with van der Waals surface area (Å²) in [6.45, 7) is 0.616. The Hall–Kier alpha value is -2.02. The molecule has 0 radical (unpaired) electrons. The third-order valence-electron chi connectivity index (χ3n) is 3.67. The Morgan fingerprint density at radius 1 is 1.20 bits per heavy atom. The van der Waals surface area contributed by atoms with Crippen molar-refractivity contribution in [2.75, 3.05) is 11.9 Å². The van der Waals surface area contributed by atoms with E-state index in [1.807, 2.05) is 12.1 Å². The van der Waals surface area contributed by atoms with Crippen LogP contribution in [0.25, 0.3) is 0 Å². The molecule has 0 aliphatic heterocycles. The van der Waals surface area contributed by atoms with Crippen LogP contribution in [0.1, 0.15) is 44.1 Å². The predicted molar refractivity (Wildman–Crippen MR) is 79.3 cm³/mol. The molecule has 0 saturated heterocycles. The van der Waals surface area contributed by atoms with Gasteiger partial charge in [-0.2, -0.15) is 5.26 Å². The zero-order valence-corrected chi connectivity index (χ0v) is 11.7. The smallest absolute Gasteiger partial charge is 0.221 e. The number of carbonyl (C=O) groups is 1. The minimum Gasteiger partial charge on any atom is -0.385 e. The number of carbonyl (C=O) groups excluding carboxylic acids is 1. The molecule has 2 N–H and O–H groups in total. The lowest BCUT2D eigenvalue weighted by Gasteiger charge is -2.22. The van der Waals surface area contributed by atoms with E-state index in [9.17, 15) is 4.79 Å². The molecule has 1 aromatic carbocycles. The van der Waals surface area contributed by atoms with Gasteiger partial charge < -0.3 is 10.6 Å². The number of amides is 1. The van der Waals surface area contributed by atoms with Crippen LogP contribution in [0.2, 0.25) is 0 Å². The fraction of sp³-hybridized carbons (Fsp3) is 0.500. The van der Waals surface area contributed by atoms with Gasteiger partial charge in [-0.1, -0.05) is 19.3 Å². The van der Waals surface area contributed by atoms with Crippen LogP contribution in [0.5, 0.6) is 0 Å². The lowest BCUT2D eigenvalue weighted by atomic mass is 9.95. The third kappa shape index (κ3) is 4.58. The monoisotopic (exact) mass is 271 g/mol. The number of nitrogens with zero attached hydrogens (tertiary/aromatic N) is 1. The summed E-state index contributed by atoms with van der Waals surface area (Å²) in [5.41, 5.74) is 1.58. The van der Waals surface area contributed by atoms with Gasteiger partial charge in [0.15, 0.2) is 0 Å². The van der Waals surface area contributed by atoms with Crippen LogP contribution in [0.4, 0.5) is 5.69 Å². The lowest BCUT2D eigenvalue weighted by molar-refractivity contribution is -0.121. The van der Waals surface area contributed by atoms with Crippen LogP contribution in [0.15, 0.2) is 24.3 Å². The SMILES string of the molecule is N#Cc1ccc(NCCC(=O)NC2CCCCC2)cc1. The van der Waals surface area contributed by atoms with Gasteiger partial charge in [0, 0.05) is 24.7 Å². The standard InChI is InChI=1S/C16H21N3O/c17-12-13-6-8-14(9-7-13)18-11-10-16(20)19-15-4-2-1-3-5-15/h6-9,15,18H,1-5,10-11H2,(H,19,20). The van der Waals surface area contributed by atoms with Gasteiger partial charge in [-0.05, 0) is 37.1 Å². The van der Waals surface area contributed by atoms with E-state index in [4.69, 9.17) is 5.26 Å². The predicted octanol–water partition coefficient (Wildman–Crippen LogP) is 2.81. The highest BCUT2D eigenvalue weighted by Crippen LogP contribution is 2.17. The van der Waals surface area contributed by atoms with Gasteiger partial charge in [-0.3, -0.25) is 4.79 Å². The zero-order chi connectivity index (χ0) is 14.2. The first-order valence-electron chi connectivity index (χ1n) is 7.31. The molecule has 0 aromatic heterocycles. The normalized spacial score (nSPS) is 15.3. The first-order chi connectivity index (χ1) is 9.78. The van der Waals surface area contributed by atoms with E-state index in [-0.39, 0.29) is 5.91 Å². The van der Waals surface area contributed by atoms with Gasteiger partial charge in [0.25, 0.3) is 0 Å². The van der Waals surface area contributed by atoms with Gasteiger partial charge in [-0.15, -0.1) is 0 Å². The lowest BCUT2D eigenvalue weighted by Crippen LogP contribution is -2.36. The van der Waals surface area contributed by atoms with Crippen molar-refractivity contribution >= 4 is 11.6 Å². The van der Waals surface area contributed by atoms with E-state index in [2.05, 4.69) is 16.7 Å². The molecule has 0 spiro atoms. The summed E-state index contributed by atoms with van der Waals surface area (Å²) in [5, 5.41) is 15.0. The number of hydrogen-bond donors (Lipinski definition) is 2. The summed E-state index contributed by atoms with van der Waals surface area (Å²) >= 11 is 0. The Kier molecular flexibility index (Phi) is 5.43.